The van der Waals surface area contributed by atoms with Crippen molar-refractivity contribution in [2.75, 3.05) is 19.6 Å². The summed E-state index contributed by atoms with van der Waals surface area (Å²) in [6.45, 7) is 5.35. The van der Waals surface area contributed by atoms with E-state index in [9.17, 15) is 14.4 Å². The lowest BCUT2D eigenvalue weighted by molar-refractivity contribution is 0.0573. The van der Waals surface area contributed by atoms with E-state index in [0.717, 1.165) is 11.3 Å². The summed E-state index contributed by atoms with van der Waals surface area (Å²) in [5, 5.41) is 18.5. The predicted octanol–water partition coefficient (Wildman–Crippen LogP) is 1.47. The van der Waals surface area contributed by atoms with Crippen LogP contribution in [0.4, 0.5) is 4.79 Å². The summed E-state index contributed by atoms with van der Waals surface area (Å²) in [6.07, 6.45) is 0. The fraction of sp³-hybridized carbons (Fsp3) is 0.368. The van der Waals surface area contributed by atoms with E-state index in [1.165, 1.54) is 12.1 Å². The highest BCUT2D eigenvalue weighted by atomic mass is 16.4. The summed E-state index contributed by atoms with van der Waals surface area (Å²) in [4.78, 5) is 39.3. The SMILES string of the molecule is Cc1cc(C(=O)N2CCN(C(=O)NCc3ccc(C(=O)O)cc3)[C@H](C)C2)n[nH]1. The summed E-state index contributed by atoms with van der Waals surface area (Å²) < 4.78 is 0. The highest BCUT2D eigenvalue weighted by Gasteiger charge is 2.30. The Morgan fingerprint density at radius 3 is 2.54 bits per heavy atom. The molecule has 1 aromatic heterocycles. The monoisotopic (exact) mass is 385 g/mol. The van der Waals surface area contributed by atoms with Crippen molar-refractivity contribution >= 4 is 17.9 Å². The number of aryl methyl sites for hydroxylation is 1. The van der Waals surface area contributed by atoms with E-state index in [0.29, 0.717) is 31.9 Å². The van der Waals surface area contributed by atoms with Crippen LogP contribution in [0, 0.1) is 6.92 Å². The molecule has 3 amide bonds. The highest BCUT2D eigenvalue weighted by molar-refractivity contribution is 5.92. The van der Waals surface area contributed by atoms with Gasteiger partial charge in [-0.15, -0.1) is 0 Å². The third kappa shape index (κ3) is 4.30. The summed E-state index contributed by atoms with van der Waals surface area (Å²) in [7, 11) is 0. The van der Waals surface area contributed by atoms with E-state index in [-0.39, 0.29) is 23.5 Å². The molecular formula is C19H23N5O4. The maximum Gasteiger partial charge on any atom is 0.335 e. The van der Waals surface area contributed by atoms with Crippen molar-refractivity contribution in [2.45, 2.75) is 26.4 Å². The van der Waals surface area contributed by atoms with E-state index < -0.39 is 5.97 Å². The van der Waals surface area contributed by atoms with Crippen molar-refractivity contribution in [1.29, 1.82) is 0 Å². The number of H-pyrrole nitrogens is 1. The van der Waals surface area contributed by atoms with Crippen molar-refractivity contribution in [2.24, 2.45) is 0 Å². The smallest absolute Gasteiger partial charge is 0.335 e. The fourth-order valence-corrected chi connectivity index (χ4v) is 3.18. The average Bonchev–Trinajstić information content (AvgIpc) is 3.12. The Kier molecular flexibility index (Phi) is 5.62. The maximum absolute atomic E-state index is 12.5. The molecule has 2 heterocycles. The Hall–Kier alpha value is -3.36. The molecule has 0 spiro atoms. The molecule has 1 aromatic carbocycles. The largest absolute Gasteiger partial charge is 0.478 e. The van der Waals surface area contributed by atoms with Crippen LogP contribution in [0.15, 0.2) is 30.3 Å². The topological polar surface area (TPSA) is 119 Å². The van der Waals surface area contributed by atoms with E-state index in [1.807, 2.05) is 13.8 Å². The number of carboxylic acid groups (broad SMARTS) is 1. The molecule has 1 atom stereocenters. The Labute approximate surface area is 162 Å². The number of urea groups is 1. The van der Waals surface area contributed by atoms with E-state index in [1.54, 1.807) is 28.0 Å². The molecule has 1 saturated heterocycles. The molecule has 0 radical (unpaired) electrons. The molecule has 9 heteroatoms. The van der Waals surface area contributed by atoms with E-state index in [2.05, 4.69) is 15.5 Å². The first kappa shape index (κ1) is 19.4. The van der Waals surface area contributed by atoms with Crippen LogP contribution in [0.2, 0.25) is 0 Å². The zero-order chi connectivity index (χ0) is 20.3. The lowest BCUT2D eigenvalue weighted by Gasteiger charge is -2.39. The van der Waals surface area contributed by atoms with Crippen LogP contribution < -0.4 is 5.32 Å². The minimum absolute atomic E-state index is 0.132. The van der Waals surface area contributed by atoms with Gasteiger partial charge in [-0.2, -0.15) is 5.10 Å². The second-order valence-corrected chi connectivity index (χ2v) is 6.89. The summed E-state index contributed by atoms with van der Waals surface area (Å²) in [5.74, 6) is -1.13. The second kappa shape index (κ2) is 8.12. The van der Waals surface area contributed by atoms with Gasteiger partial charge in [0.2, 0.25) is 0 Å². The number of hydrogen-bond acceptors (Lipinski definition) is 4. The molecule has 2 aromatic rings. The molecule has 9 nitrogen and oxygen atoms in total. The lowest BCUT2D eigenvalue weighted by atomic mass is 10.1. The van der Waals surface area contributed by atoms with E-state index in [4.69, 9.17) is 5.11 Å². The molecule has 0 aliphatic carbocycles. The van der Waals surface area contributed by atoms with Crippen molar-refractivity contribution in [1.82, 2.24) is 25.3 Å². The lowest BCUT2D eigenvalue weighted by Crippen LogP contribution is -2.57. The number of amides is 3. The van der Waals surface area contributed by atoms with Crippen LogP contribution in [0.3, 0.4) is 0 Å². The standard InChI is InChI=1S/C19H23N5O4/c1-12-9-16(22-21-12)17(25)23-7-8-24(13(2)11-23)19(28)20-10-14-3-5-15(6-4-14)18(26)27/h3-6,9,13H,7-8,10-11H2,1-2H3,(H,20,28)(H,21,22)(H,26,27)/t13-/m1/s1. The van der Waals surface area contributed by atoms with Crippen LogP contribution in [-0.2, 0) is 6.54 Å². The first-order valence-electron chi connectivity index (χ1n) is 9.03. The van der Waals surface area contributed by atoms with Gasteiger partial charge in [-0.3, -0.25) is 9.89 Å². The zero-order valence-electron chi connectivity index (χ0n) is 15.8. The molecule has 1 aliphatic rings. The number of piperazine rings is 1. The summed E-state index contributed by atoms with van der Waals surface area (Å²) in [6, 6.07) is 7.73. The maximum atomic E-state index is 12.5. The van der Waals surface area contributed by atoms with E-state index >= 15 is 0 Å². The normalized spacial score (nSPS) is 16.7. The molecule has 0 saturated carbocycles. The molecule has 1 aliphatic heterocycles. The van der Waals surface area contributed by atoms with Gasteiger partial charge in [0.05, 0.1) is 5.56 Å². The quantitative estimate of drug-likeness (QED) is 0.736. The van der Waals surface area contributed by atoms with Crippen LogP contribution in [0.1, 0.15) is 39.0 Å². The van der Waals surface area contributed by atoms with Gasteiger partial charge >= 0.3 is 12.0 Å². The zero-order valence-corrected chi connectivity index (χ0v) is 15.8. The summed E-state index contributed by atoms with van der Waals surface area (Å²) in [5.41, 5.74) is 2.23. The van der Waals surface area contributed by atoms with Gasteiger partial charge in [0.1, 0.15) is 5.69 Å². The number of nitrogens with zero attached hydrogens (tertiary/aromatic N) is 3. The van der Waals surface area contributed by atoms with Gasteiger partial charge in [0, 0.05) is 37.9 Å². The fourth-order valence-electron chi connectivity index (χ4n) is 3.18. The van der Waals surface area contributed by atoms with Crippen LogP contribution in [0.25, 0.3) is 0 Å². The molecule has 3 rings (SSSR count). The Bertz CT molecular complexity index is 877. The molecule has 0 bridgehead atoms. The predicted molar refractivity (Wildman–Crippen MR) is 101 cm³/mol. The summed E-state index contributed by atoms with van der Waals surface area (Å²) >= 11 is 0. The number of aromatic amines is 1. The number of benzene rings is 1. The average molecular weight is 385 g/mol. The number of carboxylic acids is 1. The van der Waals surface area contributed by atoms with Crippen LogP contribution in [-0.4, -0.2) is 68.7 Å². The van der Waals surface area contributed by atoms with Crippen molar-refractivity contribution in [3.05, 3.63) is 52.8 Å². The van der Waals surface area contributed by atoms with Crippen molar-refractivity contribution < 1.29 is 19.5 Å². The van der Waals surface area contributed by atoms with Crippen LogP contribution in [0.5, 0.6) is 0 Å². The van der Waals surface area contributed by atoms with Gasteiger partial charge < -0.3 is 20.2 Å². The highest BCUT2D eigenvalue weighted by Crippen LogP contribution is 2.13. The molecule has 28 heavy (non-hydrogen) atoms. The third-order valence-corrected chi connectivity index (χ3v) is 4.75. The first-order chi connectivity index (χ1) is 13.3. The van der Waals surface area contributed by atoms with Gasteiger partial charge in [-0.1, -0.05) is 12.1 Å². The van der Waals surface area contributed by atoms with Crippen molar-refractivity contribution in [3.8, 4) is 0 Å². The Balaban J connectivity index is 1.52. The number of rotatable bonds is 4. The number of carbonyl (C=O) groups excluding carboxylic acids is 2. The number of aromatic carboxylic acids is 1. The second-order valence-electron chi connectivity index (χ2n) is 6.89. The molecular weight excluding hydrogens is 362 g/mol. The van der Waals surface area contributed by atoms with Crippen molar-refractivity contribution in [3.63, 3.8) is 0 Å². The molecule has 3 N–H and O–H groups in total. The molecule has 148 valence electrons. The third-order valence-electron chi connectivity index (χ3n) is 4.75. The first-order valence-corrected chi connectivity index (χ1v) is 9.03. The van der Waals surface area contributed by atoms with Gasteiger partial charge in [0.25, 0.3) is 5.91 Å². The minimum Gasteiger partial charge on any atom is -0.478 e. The molecule has 1 fully saturated rings. The minimum atomic E-state index is -0.984. The van der Waals surface area contributed by atoms with Crippen LogP contribution >= 0.6 is 0 Å². The number of carbonyl (C=O) groups is 3. The Morgan fingerprint density at radius 2 is 1.96 bits per heavy atom. The van der Waals surface area contributed by atoms with Gasteiger partial charge in [0.15, 0.2) is 0 Å². The number of aromatic nitrogens is 2. The number of hydrogen-bond donors (Lipinski definition) is 3. The van der Waals surface area contributed by atoms with Gasteiger partial charge in [-0.05, 0) is 37.6 Å². The number of nitrogens with one attached hydrogen (secondary N) is 2. The van der Waals surface area contributed by atoms with Gasteiger partial charge in [-0.25, -0.2) is 9.59 Å². The Morgan fingerprint density at radius 1 is 1.25 bits per heavy atom. The molecule has 0 unspecified atom stereocenters.